The van der Waals surface area contributed by atoms with Crippen LogP contribution in [0.1, 0.15) is 42.7 Å². The molecule has 5 rings (SSSR count). The molecule has 0 atom stereocenters. The second kappa shape index (κ2) is 8.67. The van der Waals surface area contributed by atoms with Crippen molar-refractivity contribution >= 4 is 0 Å². The minimum Gasteiger partial charge on any atom is -0.489 e. The summed E-state index contributed by atoms with van der Waals surface area (Å²) in [6, 6.07) is 18.6. The molecule has 1 aromatic heterocycles. The summed E-state index contributed by atoms with van der Waals surface area (Å²) in [5.41, 5.74) is 2.94. The first-order valence-electron chi connectivity index (χ1n) is 11.1. The van der Waals surface area contributed by atoms with Crippen molar-refractivity contribution in [2.75, 3.05) is 13.1 Å². The molecule has 0 unspecified atom stereocenters. The van der Waals surface area contributed by atoms with Crippen LogP contribution in [0.3, 0.4) is 0 Å². The lowest BCUT2D eigenvalue weighted by molar-refractivity contribution is 0.136. The standard InChI is InChI=1S/C26H27FN2O2/c27-22-7-3-19(4-8-22)18-31-25-11-14-29(26(30)17-25)23-9-5-20(6-10-23)21-15-24(16-21)28-12-1-2-13-28/h3-11,14,17,21,24H,1-2,12-13,15-16,18H2/t21-,24+. The highest BCUT2D eigenvalue weighted by molar-refractivity contribution is 5.38. The average molecular weight is 419 g/mol. The monoisotopic (exact) mass is 418 g/mol. The maximum atomic E-state index is 13.0. The van der Waals surface area contributed by atoms with E-state index in [9.17, 15) is 9.18 Å². The summed E-state index contributed by atoms with van der Waals surface area (Å²) in [7, 11) is 0. The summed E-state index contributed by atoms with van der Waals surface area (Å²) in [5.74, 6) is 0.865. The zero-order valence-corrected chi connectivity index (χ0v) is 17.5. The lowest BCUT2D eigenvalue weighted by Gasteiger charge is -2.41. The molecule has 1 saturated carbocycles. The highest BCUT2D eigenvalue weighted by Gasteiger charge is 2.35. The van der Waals surface area contributed by atoms with Crippen molar-refractivity contribution in [1.82, 2.24) is 9.47 Å². The summed E-state index contributed by atoms with van der Waals surface area (Å²) >= 11 is 0. The Labute approximate surface area is 181 Å². The molecule has 0 N–H and O–H groups in total. The number of nitrogens with zero attached hydrogens (tertiary/aromatic N) is 2. The first-order valence-corrected chi connectivity index (χ1v) is 11.1. The third-order valence-corrected chi connectivity index (χ3v) is 6.62. The van der Waals surface area contributed by atoms with Crippen molar-refractivity contribution in [3.8, 4) is 11.4 Å². The molecule has 0 radical (unpaired) electrons. The molecule has 4 nitrogen and oxygen atoms in total. The number of hydrogen-bond donors (Lipinski definition) is 0. The van der Waals surface area contributed by atoms with Crippen LogP contribution in [0.15, 0.2) is 71.7 Å². The van der Waals surface area contributed by atoms with Gasteiger partial charge in [0.05, 0.1) is 0 Å². The molecule has 1 aliphatic heterocycles. The Morgan fingerprint density at radius 3 is 2.32 bits per heavy atom. The van der Waals surface area contributed by atoms with E-state index in [1.807, 2.05) is 12.1 Å². The van der Waals surface area contributed by atoms with E-state index in [-0.39, 0.29) is 18.0 Å². The zero-order chi connectivity index (χ0) is 21.2. The van der Waals surface area contributed by atoms with Crippen molar-refractivity contribution in [2.45, 2.75) is 44.2 Å². The molecule has 160 valence electrons. The molecule has 31 heavy (non-hydrogen) atoms. The fourth-order valence-corrected chi connectivity index (χ4v) is 4.68. The number of rotatable bonds is 6. The Bertz CT molecular complexity index is 1080. The van der Waals surface area contributed by atoms with E-state index in [1.165, 1.54) is 62.5 Å². The number of halogens is 1. The molecule has 2 aliphatic rings. The van der Waals surface area contributed by atoms with E-state index in [0.717, 1.165) is 17.3 Å². The molecule has 2 aromatic carbocycles. The van der Waals surface area contributed by atoms with Crippen molar-refractivity contribution in [1.29, 1.82) is 0 Å². The van der Waals surface area contributed by atoms with Crippen LogP contribution in [0.4, 0.5) is 4.39 Å². The van der Waals surface area contributed by atoms with E-state index in [1.54, 1.807) is 29.0 Å². The van der Waals surface area contributed by atoms with Crippen LogP contribution in [-0.2, 0) is 6.61 Å². The van der Waals surface area contributed by atoms with Crippen LogP contribution in [0.5, 0.6) is 5.75 Å². The summed E-state index contributed by atoms with van der Waals surface area (Å²) < 4.78 is 20.3. The summed E-state index contributed by atoms with van der Waals surface area (Å²) in [4.78, 5) is 15.2. The van der Waals surface area contributed by atoms with Crippen LogP contribution in [0, 0.1) is 5.82 Å². The third kappa shape index (κ3) is 4.42. The lowest BCUT2D eigenvalue weighted by atomic mass is 9.75. The molecule has 1 aliphatic carbocycles. The molecular weight excluding hydrogens is 391 g/mol. The van der Waals surface area contributed by atoms with Gasteiger partial charge in [0.1, 0.15) is 18.2 Å². The van der Waals surface area contributed by atoms with Crippen molar-refractivity contribution in [2.24, 2.45) is 0 Å². The summed E-state index contributed by atoms with van der Waals surface area (Å²) in [6.45, 7) is 2.82. The van der Waals surface area contributed by atoms with Gasteiger partial charge in [-0.2, -0.15) is 0 Å². The van der Waals surface area contributed by atoms with E-state index in [0.29, 0.717) is 11.7 Å². The Morgan fingerprint density at radius 1 is 0.935 bits per heavy atom. The van der Waals surface area contributed by atoms with Crippen LogP contribution in [-0.4, -0.2) is 28.6 Å². The van der Waals surface area contributed by atoms with Crippen LogP contribution in [0.2, 0.25) is 0 Å². The number of benzene rings is 2. The Balaban J connectivity index is 1.21. The summed E-state index contributed by atoms with van der Waals surface area (Å²) in [5, 5.41) is 0. The SMILES string of the molecule is O=c1cc(OCc2ccc(F)cc2)ccn1-c1ccc([C@H]2C[C@@H](N3CCCC3)C2)cc1. The van der Waals surface area contributed by atoms with Gasteiger partial charge in [0.2, 0.25) is 0 Å². The lowest BCUT2D eigenvalue weighted by Crippen LogP contribution is -2.42. The van der Waals surface area contributed by atoms with Gasteiger partial charge in [0.15, 0.2) is 0 Å². The van der Waals surface area contributed by atoms with Gasteiger partial charge in [-0.25, -0.2) is 4.39 Å². The Kier molecular flexibility index (Phi) is 5.60. The predicted octanol–water partition coefficient (Wildman–Crippen LogP) is 4.90. The van der Waals surface area contributed by atoms with Gasteiger partial charge in [-0.1, -0.05) is 24.3 Å². The molecule has 0 amide bonds. The number of likely N-dealkylation sites (tertiary alicyclic amines) is 1. The minimum absolute atomic E-state index is 0.137. The number of aromatic nitrogens is 1. The topological polar surface area (TPSA) is 34.5 Å². The van der Waals surface area contributed by atoms with Gasteiger partial charge in [-0.05, 0) is 86.1 Å². The highest BCUT2D eigenvalue weighted by Crippen LogP contribution is 2.40. The smallest absolute Gasteiger partial charge is 0.258 e. The fraction of sp³-hybridized carbons (Fsp3) is 0.346. The van der Waals surface area contributed by atoms with Gasteiger partial charge < -0.3 is 9.64 Å². The number of pyridine rings is 1. The number of ether oxygens (including phenoxy) is 1. The first-order chi connectivity index (χ1) is 15.2. The van der Waals surface area contributed by atoms with Crippen LogP contribution < -0.4 is 10.3 Å². The molecule has 0 bridgehead atoms. The van der Waals surface area contributed by atoms with Crippen molar-refractivity contribution in [3.63, 3.8) is 0 Å². The first kappa shape index (κ1) is 20.0. The third-order valence-electron chi connectivity index (χ3n) is 6.62. The molecular formula is C26H27FN2O2. The van der Waals surface area contributed by atoms with E-state index in [2.05, 4.69) is 17.0 Å². The fourth-order valence-electron chi connectivity index (χ4n) is 4.68. The minimum atomic E-state index is -0.277. The maximum Gasteiger partial charge on any atom is 0.258 e. The molecule has 2 heterocycles. The molecule has 2 fully saturated rings. The Hall–Kier alpha value is -2.92. The average Bonchev–Trinajstić information content (AvgIpc) is 3.27. The molecule has 1 saturated heterocycles. The van der Waals surface area contributed by atoms with E-state index >= 15 is 0 Å². The van der Waals surface area contributed by atoms with Gasteiger partial charge in [0, 0.05) is 24.0 Å². The van der Waals surface area contributed by atoms with E-state index < -0.39 is 0 Å². The predicted molar refractivity (Wildman–Crippen MR) is 119 cm³/mol. The van der Waals surface area contributed by atoms with Gasteiger partial charge in [-0.15, -0.1) is 0 Å². The Morgan fingerprint density at radius 2 is 1.65 bits per heavy atom. The molecule has 0 spiro atoms. The molecule has 3 aromatic rings. The largest absolute Gasteiger partial charge is 0.489 e. The van der Waals surface area contributed by atoms with Gasteiger partial charge in [-0.3, -0.25) is 9.36 Å². The van der Waals surface area contributed by atoms with Gasteiger partial charge >= 0.3 is 0 Å². The van der Waals surface area contributed by atoms with Crippen molar-refractivity contribution in [3.05, 3.63) is 94.2 Å². The summed E-state index contributed by atoms with van der Waals surface area (Å²) in [6.07, 6.45) is 6.93. The van der Waals surface area contributed by atoms with E-state index in [4.69, 9.17) is 4.74 Å². The highest BCUT2D eigenvalue weighted by atomic mass is 19.1. The quantitative estimate of drug-likeness (QED) is 0.571. The second-order valence-electron chi connectivity index (χ2n) is 8.64. The zero-order valence-electron chi connectivity index (χ0n) is 17.5. The maximum absolute atomic E-state index is 13.0. The van der Waals surface area contributed by atoms with Crippen LogP contribution >= 0.6 is 0 Å². The van der Waals surface area contributed by atoms with Crippen molar-refractivity contribution < 1.29 is 9.13 Å². The molecule has 5 heteroatoms. The second-order valence-corrected chi connectivity index (χ2v) is 8.64. The van der Waals surface area contributed by atoms with Crippen LogP contribution in [0.25, 0.3) is 5.69 Å². The number of hydrogen-bond acceptors (Lipinski definition) is 3. The normalized spacial score (nSPS) is 21.1. The van der Waals surface area contributed by atoms with Gasteiger partial charge in [0.25, 0.3) is 5.56 Å².